The first-order valence-corrected chi connectivity index (χ1v) is 6.47. The number of carbonyl (C=O) groups excluding carboxylic acids is 1. The van der Waals surface area contributed by atoms with E-state index in [2.05, 4.69) is 0 Å². The van der Waals surface area contributed by atoms with Gasteiger partial charge < -0.3 is 15.1 Å². The lowest BCUT2D eigenvalue weighted by atomic mass is 10.1. The molecule has 0 aromatic heterocycles. The SMILES string of the molecule is CCN(C(=O)c1ccccc1C(=O)O)c1cccc(O)c1. The maximum Gasteiger partial charge on any atom is 0.336 e. The molecule has 0 atom stereocenters. The van der Waals surface area contributed by atoms with Gasteiger partial charge in [0, 0.05) is 18.3 Å². The van der Waals surface area contributed by atoms with Crippen LogP contribution in [-0.4, -0.2) is 28.6 Å². The normalized spacial score (nSPS) is 10.1. The molecule has 2 aromatic carbocycles. The van der Waals surface area contributed by atoms with Crippen LogP contribution in [0, 0.1) is 0 Å². The van der Waals surface area contributed by atoms with Gasteiger partial charge in [0.2, 0.25) is 0 Å². The monoisotopic (exact) mass is 285 g/mol. The summed E-state index contributed by atoms with van der Waals surface area (Å²) in [6.07, 6.45) is 0. The summed E-state index contributed by atoms with van der Waals surface area (Å²) < 4.78 is 0. The van der Waals surface area contributed by atoms with Crippen LogP contribution in [0.2, 0.25) is 0 Å². The maximum absolute atomic E-state index is 12.6. The van der Waals surface area contributed by atoms with Crippen molar-refractivity contribution in [2.45, 2.75) is 6.92 Å². The van der Waals surface area contributed by atoms with Gasteiger partial charge in [0.05, 0.1) is 11.1 Å². The highest BCUT2D eigenvalue weighted by molar-refractivity contribution is 6.11. The van der Waals surface area contributed by atoms with E-state index in [1.807, 2.05) is 0 Å². The van der Waals surface area contributed by atoms with Gasteiger partial charge in [-0.3, -0.25) is 4.79 Å². The largest absolute Gasteiger partial charge is 0.508 e. The number of hydrogen-bond acceptors (Lipinski definition) is 3. The van der Waals surface area contributed by atoms with Crippen LogP contribution in [0.3, 0.4) is 0 Å². The van der Waals surface area contributed by atoms with Crippen molar-refractivity contribution in [3.05, 3.63) is 59.7 Å². The zero-order valence-electron chi connectivity index (χ0n) is 11.5. The Morgan fingerprint density at radius 2 is 1.71 bits per heavy atom. The van der Waals surface area contributed by atoms with E-state index < -0.39 is 11.9 Å². The Labute approximate surface area is 122 Å². The molecule has 5 nitrogen and oxygen atoms in total. The minimum atomic E-state index is -1.15. The fourth-order valence-corrected chi connectivity index (χ4v) is 2.11. The summed E-state index contributed by atoms with van der Waals surface area (Å²) in [7, 11) is 0. The molecule has 21 heavy (non-hydrogen) atoms. The molecule has 108 valence electrons. The van der Waals surface area contributed by atoms with Gasteiger partial charge in [0.15, 0.2) is 0 Å². The molecule has 0 heterocycles. The molecule has 1 amide bonds. The number of carbonyl (C=O) groups is 2. The van der Waals surface area contributed by atoms with Gasteiger partial charge in [-0.15, -0.1) is 0 Å². The molecule has 0 bridgehead atoms. The van der Waals surface area contributed by atoms with E-state index in [4.69, 9.17) is 0 Å². The summed E-state index contributed by atoms with van der Waals surface area (Å²) in [6.45, 7) is 2.14. The lowest BCUT2D eigenvalue weighted by Crippen LogP contribution is -2.31. The van der Waals surface area contributed by atoms with Crippen molar-refractivity contribution in [2.75, 3.05) is 11.4 Å². The van der Waals surface area contributed by atoms with Gasteiger partial charge in [-0.05, 0) is 31.2 Å². The topological polar surface area (TPSA) is 77.8 Å². The van der Waals surface area contributed by atoms with Gasteiger partial charge in [0.1, 0.15) is 5.75 Å². The second-order valence-electron chi connectivity index (χ2n) is 4.42. The minimum Gasteiger partial charge on any atom is -0.508 e. The number of rotatable bonds is 4. The first-order chi connectivity index (χ1) is 10.0. The van der Waals surface area contributed by atoms with E-state index in [0.29, 0.717) is 12.2 Å². The second-order valence-corrected chi connectivity index (χ2v) is 4.42. The molecule has 0 radical (unpaired) electrons. The fraction of sp³-hybridized carbons (Fsp3) is 0.125. The molecule has 2 rings (SSSR count). The molecule has 2 aromatic rings. The van der Waals surface area contributed by atoms with E-state index >= 15 is 0 Å². The van der Waals surface area contributed by atoms with Crippen molar-refractivity contribution in [2.24, 2.45) is 0 Å². The third-order valence-electron chi connectivity index (χ3n) is 3.09. The number of amides is 1. The molecule has 0 saturated carbocycles. The first kappa shape index (κ1) is 14.6. The average molecular weight is 285 g/mol. The number of aromatic hydroxyl groups is 1. The van der Waals surface area contributed by atoms with Crippen LogP contribution < -0.4 is 4.90 Å². The number of nitrogens with zero attached hydrogens (tertiary/aromatic N) is 1. The average Bonchev–Trinajstić information content (AvgIpc) is 2.48. The van der Waals surface area contributed by atoms with Crippen molar-refractivity contribution >= 4 is 17.6 Å². The number of phenols is 1. The molecule has 0 saturated heterocycles. The Kier molecular flexibility index (Phi) is 4.23. The summed E-state index contributed by atoms with van der Waals surface area (Å²) in [5, 5.41) is 18.7. The molecular formula is C16H15NO4. The standard InChI is InChI=1S/C16H15NO4/c1-2-17(11-6-5-7-12(18)10-11)15(19)13-8-3-4-9-14(13)16(20)21/h3-10,18H,2H2,1H3,(H,20,21). The van der Waals surface area contributed by atoms with Gasteiger partial charge in [-0.2, -0.15) is 0 Å². The molecular weight excluding hydrogens is 270 g/mol. The number of benzene rings is 2. The van der Waals surface area contributed by atoms with Gasteiger partial charge in [0.25, 0.3) is 5.91 Å². The Bertz CT molecular complexity index is 681. The molecule has 0 unspecified atom stereocenters. The van der Waals surface area contributed by atoms with Crippen molar-refractivity contribution in [3.63, 3.8) is 0 Å². The zero-order chi connectivity index (χ0) is 15.4. The third-order valence-corrected chi connectivity index (χ3v) is 3.09. The molecule has 0 spiro atoms. The molecule has 0 aliphatic carbocycles. The summed E-state index contributed by atoms with van der Waals surface area (Å²) >= 11 is 0. The number of phenolic OH excluding ortho intramolecular Hbond substituents is 1. The van der Waals surface area contributed by atoms with Crippen LogP contribution >= 0.6 is 0 Å². The maximum atomic E-state index is 12.6. The smallest absolute Gasteiger partial charge is 0.336 e. The number of carboxylic acids is 1. The summed E-state index contributed by atoms with van der Waals surface area (Å²) in [5.74, 6) is -1.52. The Balaban J connectivity index is 2.44. The van der Waals surface area contributed by atoms with Gasteiger partial charge in [-0.25, -0.2) is 4.79 Å². The summed E-state index contributed by atoms with van der Waals surface area (Å²) in [6, 6.07) is 12.4. The van der Waals surface area contributed by atoms with Crippen molar-refractivity contribution in [3.8, 4) is 5.75 Å². The fourth-order valence-electron chi connectivity index (χ4n) is 2.11. The van der Waals surface area contributed by atoms with E-state index in [0.717, 1.165) is 0 Å². The third kappa shape index (κ3) is 3.02. The Morgan fingerprint density at radius 1 is 1.05 bits per heavy atom. The molecule has 0 aliphatic heterocycles. The number of hydrogen-bond donors (Lipinski definition) is 2. The molecule has 5 heteroatoms. The molecule has 2 N–H and O–H groups in total. The lowest BCUT2D eigenvalue weighted by Gasteiger charge is -2.22. The lowest BCUT2D eigenvalue weighted by molar-refractivity contribution is 0.0692. The van der Waals surface area contributed by atoms with E-state index in [1.54, 1.807) is 31.2 Å². The molecule has 0 aliphatic rings. The van der Waals surface area contributed by atoms with Crippen molar-refractivity contribution < 1.29 is 19.8 Å². The van der Waals surface area contributed by atoms with E-state index in [-0.39, 0.29) is 16.9 Å². The van der Waals surface area contributed by atoms with Crippen LogP contribution in [0.4, 0.5) is 5.69 Å². The van der Waals surface area contributed by atoms with Crippen LogP contribution in [0.1, 0.15) is 27.6 Å². The predicted octanol–water partition coefficient (Wildman–Crippen LogP) is 2.76. The predicted molar refractivity (Wildman–Crippen MR) is 78.9 cm³/mol. The van der Waals surface area contributed by atoms with Gasteiger partial charge in [-0.1, -0.05) is 18.2 Å². The molecule has 0 fully saturated rings. The number of anilines is 1. The van der Waals surface area contributed by atoms with Crippen LogP contribution in [0.25, 0.3) is 0 Å². The van der Waals surface area contributed by atoms with Crippen LogP contribution in [-0.2, 0) is 0 Å². The van der Waals surface area contributed by atoms with Crippen molar-refractivity contribution in [1.29, 1.82) is 0 Å². The Hall–Kier alpha value is -2.82. The quantitative estimate of drug-likeness (QED) is 0.905. The second kappa shape index (κ2) is 6.09. The minimum absolute atomic E-state index is 0.0406. The van der Waals surface area contributed by atoms with Gasteiger partial charge >= 0.3 is 5.97 Å². The van der Waals surface area contributed by atoms with E-state index in [9.17, 15) is 19.8 Å². The van der Waals surface area contributed by atoms with Crippen LogP contribution in [0.5, 0.6) is 5.75 Å². The summed E-state index contributed by atoms with van der Waals surface area (Å²) in [4.78, 5) is 25.2. The highest BCUT2D eigenvalue weighted by Gasteiger charge is 2.21. The van der Waals surface area contributed by atoms with Crippen LogP contribution in [0.15, 0.2) is 48.5 Å². The summed E-state index contributed by atoms with van der Waals surface area (Å²) in [5.41, 5.74) is 0.596. The van der Waals surface area contributed by atoms with Crippen molar-refractivity contribution in [1.82, 2.24) is 0 Å². The first-order valence-electron chi connectivity index (χ1n) is 6.47. The highest BCUT2D eigenvalue weighted by atomic mass is 16.4. The number of aromatic carboxylic acids is 1. The Morgan fingerprint density at radius 3 is 2.29 bits per heavy atom. The van der Waals surface area contributed by atoms with E-state index in [1.165, 1.54) is 29.2 Å². The zero-order valence-corrected chi connectivity index (χ0v) is 11.5. The highest BCUT2D eigenvalue weighted by Crippen LogP contribution is 2.22. The number of carboxylic acid groups (broad SMARTS) is 1.